The monoisotopic (exact) mass is 265 g/mol. The van der Waals surface area contributed by atoms with Crippen molar-refractivity contribution in [2.24, 2.45) is 7.05 Å². The summed E-state index contributed by atoms with van der Waals surface area (Å²) in [6.07, 6.45) is 2.90. The van der Waals surface area contributed by atoms with Gasteiger partial charge in [-0.1, -0.05) is 12.1 Å². The molecule has 0 amide bonds. The molecule has 1 heterocycles. The molecule has 0 fully saturated rings. The van der Waals surface area contributed by atoms with E-state index in [-0.39, 0.29) is 5.38 Å². The van der Waals surface area contributed by atoms with Gasteiger partial charge in [0, 0.05) is 12.4 Å². The van der Waals surface area contributed by atoms with Crippen LogP contribution in [-0.2, 0) is 13.5 Å². The molecule has 0 bridgehead atoms. The Kier molecular flexibility index (Phi) is 4.19. The predicted molar refractivity (Wildman–Crippen MR) is 57.0 cm³/mol. The summed E-state index contributed by atoms with van der Waals surface area (Å²) in [5, 5.41) is 8.05. The van der Waals surface area contributed by atoms with Gasteiger partial charge in [0.05, 0.1) is 5.69 Å². The average molecular weight is 267 g/mol. The molecule has 0 aromatic carbocycles. The standard InChI is InChI=1S/C8H13BrClN3/c1-3-6(10)4-5-7-8(9)11-12-13(7)2/h6H,3-5H2,1-2H3. The van der Waals surface area contributed by atoms with E-state index >= 15 is 0 Å². The summed E-state index contributed by atoms with van der Waals surface area (Å²) in [6.45, 7) is 2.09. The molecule has 0 spiro atoms. The van der Waals surface area contributed by atoms with Crippen molar-refractivity contribution in [1.29, 1.82) is 0 Å². The van der Waals surface area contributed by atoms with Crippen molar-refractivity contribution in [3.8, 4) is 0 Å². The first-order chi connectivity index (χ1) is 6.15. The summed E-state index contributed by atoms with van der Waals surface area (Å²) in [7, 11) is 1.89. The molecule has 74 valence electrons. The summed E-state index contributed by atoms with van der Waals surface area (Å²) in [5.41, 5.74) is 1.11. The van der Waals surface area contributed by atoms with E-state index in [1.54, 1.807) is 4.68 Å². The molecule has 0 N–H and O–H groups in total. The van der Waals surface area contributed by atoms with Crippen LogP contribution in [0, 0.1) is 0 Å². The summed E-state index contributed by atoms with van der Waals surface area (Å²) in [4.78, 5) is 0. The summed E-state index contributed by atoms with van der Waals surface area (Å²) >= 11 is 9.37. The first-order valence-corrected chi connectivity index (χ1v) is 5.56. The van der Waals surface area contributed by atoms with Crippen LogP contribution in [0.2, 0.25) is 0 Å². The molecule has 0 aliphatic rings. The number of nitrogens with zero attached hydrogens (tertiary/aromatic N) is 3. The Labute approximate surface area is 91.6 Å². The van der Waals surface area contributed by atoms with Gasteiger partial charge >= 0.3 is 0 Å². The van der Waals surface area contributed by atoms with Crippen LogP contribution in [0.4, 0.5) is 0 Å². The highest BCUT2D eigenvalue weighted by Gasteiger charge is 2.09. The van der Waals surface area contributed by atoms with Crippen LogP contribution in [0.15, 0.2) is 4.60 Å². The molecule has 0 saturated carbocycles. The molecule has 1 aromatic rings. The van der Waals surface area contributed by atoms with Crippen LogP contribution in [-0.4, -0.2) is 20.4 Å². The number of alkyl halides is 1. The molecule has 1 atom stereocenters. The molecular formula is C8H13BrClN3. The third kappa shape index (κ3) is 2.95. The van der Waals surface area contributed by atoms with E-state index in [1.807, 2.05) is 7.05 Å². The predicted octanol–water partition coefficient (Wildman–Crippen LogP) is 2.53. The average Bonchev–Trinajstić information content (AvgIpc) is 2.43. The molecule has 1 unspecified atom stereocenters. The molecule has 0 saturated heterocycles. The van der Waals surface area contributed by atoms with Crippen molar-refractivity contribution in [3.05, 3.63) is 10.3 Å². The molecule has 1 rings (SSSR count). The maximum Gasteiger partial charge on any atom is 0.151 e. The third-order valence-corrected chi connectivity index (χ3v) is 3.18. The molecule has 5 heteroatoms. The van der Waals surface area contributed by atoms with Crippen molar-refractivity contribution < 1.29 is 0 Å². The van der Waals surface area contributed by atoms with Gasteiger partial charge in [-0.2, -0.15) is 0 Å². The molecule has 0 aliphatic carbocycles. The van der Waals surface area contributed by atoms with Gasteiger partial charge in [-0.15, -0.1) is 16.7 Å². The number of hydrogen-bond donors (Lipinski definition) is 0. The number of aromatic nitrogens is 3. The molecule has 0 radical (unpaired) electrons. The molecule has 13 heavy (non-hydrogen) atoms. The van der Waals surface area contributed by atoms with Crippen LogP contribution in [0.25, 0.3) is 0 Å². The van der Waals surface area contributed by atoms with Crippen LogP contribution < -0.4 is 0 Å². The summed E-state index contributed by atoms with van der Waals surface area (Å²) in [6, 6.07) is 0. The zero-order chi connectivity index (χ0) is 9.84. The Balaban J connectivity index is 2.53. The van der Waals surface area contributed by atoms with Gasteiger partial charge in [0.25, 0.3) is 0 Å². The van der Waals surface area contributed by atoms with Crippen LogP contribution in [0.3, 0.4) is 0 Å². The fourth-order valence-corrected chi connectivity index (χ4v) is 1.75. The molecule has 1 aromatic heterocycles. The fraction of sp³-hybridized carbons (Fsp3) is 0.750. The van der Waals surface area contributed by atoms with Gasteiger partial charge in [0.2, 0.25) is 0 Å². The zero-order valence-electron chi connectivity index (χ0n) is 7.80. The first kappa shape index (κ1) is 11.0. The lowest BCUT2D eigenvalue weighted by molar-refractivity contribution is 0.643. The highest BCUT2D eigenvalue weighted by Crippen LogP contribution is 2.17. The zero-order valence-corrected chi connectivity index (χ0v) is 10.1. The van der Waals surface area contributed by atoms with E-state index in [1.165, 1.54) is 0 Å². The summed E-state index contributed by atoms with van der Waals surface area (Å²) < 4.78 is 2.61. The Morgan fingerprint density at radius 3 is 2.77 bits per heavy atom. The van der Waals surface area contributed by atoms with Crippen LogP contribution >= 0.6 is 27.5 Å². The second-order valence-corrected chi connectivity index (χ2v) is 4.36. The molecule has 3 nitrogen and oxygen atoms in total. The van der Waals surface area contributed by atoms with Crippen LogP contribution in [0.5, 0.6) is 0 Å². The maximum atomic E-state index is 6.02. The number of rotatable bonds is 4. The van der Waals surface area contributed by atoms with Gasteiger partial charge in [0.1, 0.15) is 0 Å². The van der Waals surface area contributed by atoms with E-state index in [0.717, 1.165) is 29.6 Å². The van der Waals surface area contributed by atoms with Gasteiger partial charge in [-0.25, -0.2) is 0 Å². The fourth-order valence-electron chi connectivity index (χ4n) is 1.11. The SMILES string of the molecule is CCC(Cl)CCc1c(Br)nnn1C. The smallest absolute Gasteiger partial charge is 0.151 e. The van der Waals surface area contributed by atoms with Crippen molar-refractivity contribution in [2.45, 2.75) is 31.6 Å². The van der Waals surface area contributed by atoms with Gasteiger partial charge in [-0.3, -0.25) is 4.68 Å². The van der Waals surface area contributed by atoms with E-state index in [0.29, 0.717) is 0 Å². The van der Waals surface area contributed by atoms with Crippen molar-refractivity contribution in [1.82, 2.24) is 15.0 Å². The Hall–Kier alpha value is -0.0900. The van der Waals surface area contributed by atoms with E-state index in [2.05, 4.69) is 33.2 Å². The van der Waals surface area contributed by atoms with E-state index < -0.39 is 0 Å². The lowest BCUT2D eigenvalue weighted by Crippen LogP contribution is -2.03. The number of aryl methyl sites for hydroxylation is 1. The highest BCUT2D eigenvalue weighted by molar-refractivity contribution is 9.10. The Morgan fingerprint density at radius 2 is 2.31 bits per heavy atom. The third-order valence-electron chi connectivity index (χ3n) is 2.03. The quantitative estimate of drug-likeness (QED) is 0.784. The second-order valence-electron chi connectivity index (χ2n) is 2.99. The van der Waals surface area contributed by atoms with E-state index in [4.69, 9.17) is 11.6 Å². The second kappa shape index (κ2) is 4.96. The lowest BCUT2D eigenvalue weighted by atomic mass is 10.1. The number of halogens is 2. The minimum Gasteiger partial charge on any atom is -0.251 e. The van der Waals surface area contributed by atoms with Gasteiger partial charge in [0.15, 0.2) is 4.60 Å². The maximum absolute atomic E-state index is 6.02. The number of hydrogen-bond acceptors (Lipinski definition) is 2. The van der Waals surface area contributed by atoms with Gasteiger partial charge in [-0.05, 0) is 35.2 Å². The summed E-state index contributed by atoms with van der Waals surface area (Å²) in [5.74, 6) is 0. The van der Waals surface area contributed by atoms with Crippen molar-refractivity contribution in [2.75, 3.05) is 0 Å². The largest absolute Gasteiger partial charge is 0.251 e. The van der Waals surface area contributed by atoms with Gasteiger partial charge < -0.3 is 0 Å². The van der Waals surface area contributed by atoms with Crippen LogP contribution in [0.1, 0.15) is 25.5 Å². The van der Waals surface area contributed by atoms with Crippen molar-refractivity contribution in [3.63, 3.8) is 0 Å². The Morgan fingerprint density at radius 1 is 1.62 bits per heavy atom. The molecule has 0 aliphatic heterocycles. The van der Waals surface area contributed by atoms with Crippen molar-refractivity contribution >= 4 is 27.5 Å². The molecular weight excluding hydrogens is 253 g/mol. The normalized spacial score (nSPS) is 13.2. The van der Waals surface area contributed by atoms with E-state index in [9.17, 15) is 0 Å². The highest BCUT2D eigenvalue weighted by atomic mass is 79.9. The first-order valence-electron chi connectivity index (χ1n) is 4.33. The lowest BCUT2D eigenvalue weighted by Gasteiger charge is -2.05. The minimum absolute atomic E-state index is 0.252. The Bertz CT molecular complexity index is 255. The minimum atomic E-state index is 0.252. The topological polar surface area (TPSA) is 30.7 Å².